The number of rotatable bonds is 5. The van der Waals surface area contributed by atoms with Crippen LogP contribution in [0.15, 0.2) is 54.6 Å². The minimum Gasteiger partial charge on any atom is -0.497 e. The van der Waals surface area contributed by atoms with Crippen molar-refractivity contribution in [3.8, 4) is 5.75 Å². The molecule has 0 saturated heterocycles. The lowest BCUT2D eigenvalue weighted by Crippen LogP contribution is -2.24. The van der Waals surface area contributed by atoms with Gasteiger partial charge in [-0.1, -0.05) is 35.9 Å². The molecule has 0 bridgehead atoms. The van der Waals surface area contributed by atoms with Crippen LogP contribution in [-0.2, 0) is 11.3 Å². The zero-order valence-electron chi connectivity index (χ0n) is 12.6. The fraction of sp³-hybridized carbons (Fsp3) is 0.167. The Balaban J connectivity index is 2.00. The van der Waals surface area contributed by atoms with E-state index in [0.717, 1.165) is 16.9 Å². The SMILES string of the molecule is COc1cccc(/C=C/C(=O)N(C)Cc2cccc(Cl)c2)c1. The predicted molar refractivity (Wildman–Crippen MR) is 90.0 cm³/mol. The number of nitrogens with zero attached hydrogens (tertiary/aromatic N) is 1. The predicted octanol–water partition coefficient (Wildman–Crippen LogP) is 4.02. The van der Waals surface area contributed by atoms with Crippen molar-refractivity contribution >= 4 is 23.6 Å². The molecule has 0 radical (unpaired) electrons. The van der Waals surface area contributed by atoms with Gasteiger partial charge in [0, 0.05) is 24.7 Å². The molecule has 0 atom stereocenters. The zero-order chi connectivity index (χ0) is 15.9. The number of likely N-dealkylation sites (N-methyl/N-ethyl adjacent to an activating group) is 1. The van der Waals surface area contributed by atoms with Crippen molar-refractivity contribution in [2.45, 2.75) is 6.54 Å². The summed E-state index contributed by atoms with van der Waals surface area (Å²) >= 11 is 5.95. The van der Waals surface area contributed by atoms with Crippen LogP contribution in [-0.4, -0.2) is 25.0 Å². The molecule has 0 aromatic heterocycles. The fourth-order valence-corrected chi connectivity index (χ4v) is 2.24. The molecule has 1 amide bonds. The first-order valence-corrected chi connectivity index (χ1v) is 7.28. The summed E-state index contributed by atoms with van der Waals surface area (Å²) < 4.78 is 5.16. The molecule has 0 aliphatic carbocycles. The lowest BCUT2D eigenvalue weighted by Gasteiger charge is -2.15. The van der Waals surface area contributed by atoms with Crippen LogP contribution >= 0.6 is 11.6 Å². The Kier molecular flexibility index (Phi) is 5.61. The van der Waals surface area contributed by atoms with Crippen molar-refractivity contribution < 1.29 is 9.53 Å². The Hall–Kier alpha value is -2.26. The number of amides is 1. The molecule has 0 N–H and O–H groups in total. The number of benzene rings is 2. The lowest BCUT2D eigenvalue weighted by atomic mass is 10.2. The molecule has 0 spiro atoms. The van der Waals surface area contributed by atoms with Gasteiger partial charge in [0.25, 0.3) is 0 Å². The molecule has 4 heteroatoms. The first-order valence-electron chi connectivity index (χ1n) is 6.90. The van der Waals surface area contributed by atoms with Gasteiger partial charge in [0.15, 0.2) is 0 Å². The van der Waals surface area contributed by atoms with Gasteiger partial charge in [-0.25, -0.2) is 0 Å². The summed E-state index contributed by atoms with van der Waals surface area (Å²) in [5.74, 6) is 0.699. The van der Waals surface area contributed by atoms with Crippen LogP contribution in [0.1, 0.15) is 11.1 Å². The maximum atomic E-state index is 12.1. The second-order valence-electron chi connectivity index (χ2n) is 4.93. The van der Waals surface area contributed by atoms with Crippen LogP contribution in [0.5, 0.6) is 5.75 Å². The summed E-state index contributed by atoms with van der Waals surface area (Å²) in [4.78, 5) is 13.8. The highest BCUT2D eigenvalue weighted by atomic mass is 35.5. The third-order valence-electron chi connectivity index (χ3n) is 3.20. The van der Waals surface area contributed by atoms with E-state index in [9.17, 15) is 4.79 Å². The van der Waals surface area contributed by atoms with Crippen LogP contribution in [0, 0.1) is 0 Å². The van der Waals surface area contributed by atoms with Crippen molar-refractivity contribution in [1.82, 2.24) is 4.90 Å². The molecular formula is C18H18ClNO2. The number of methoxy groups -OCH3 is 1. The van der Waals surface area contributed by atoms with Gasteiger partial charge >= 0.3 is 0 Å². The normalized spacial score (nSPS) is 10.7. The average Bonchev–Trinajstić information content (AvgIpc) is 2.52. The van der Waals surface area contributed by atoms with Crippen LogP contribution in [0.25, 0.3) is 6.08 Å². The topological polar surface area (TPSA) is 29.5 Å². The van der Waals surface area contributed by atoms with E-state index in [2.05, 4.69) is 0 Å². The van der Waals surface area contributed by atoms with E-state index >= 15 is 0 Å². The molecule has 0 aliphatic heterocycles. The smallest absolute Gasteiger partial charge is 0.246 e. The van der Waals surface area contributed by atoms with E-state index in [-0.39, 0.29) is 5.91 Å². The number of hydrogen-bond acceptors (Lipinski definition) is 2. The van der Waals surface area contributed by atoms with Gasteiger partial charge in [-0.15, -0.1) is 0 Å². The molecule has 0 unspecified atom stereocenters. The van der Waals surface area contributed by atoms with Crippen LogP contribution < -0.4 is 4.74 Å². The Bertz CT molecular complexity index is 682. The molecule has 0 fully saturated rings. The maximum Gasteiger partial charge on any atom is 0.246 e. The molecule has 2 aromatic carbocycles. The standard InChI is InChI=1S/C18H18ClNO2/c1-20(13-15-6-3-7-16(19)11-15)18(21)10-9-14-5-4-8-17(12-14)22-2/h3-12H,13H2,1-2H3/b10-9+. The quantitative estimate of drug-likeness (QED) is 0.780. The minimum atomic E-state index is -0.0669. The number of ether oxygens (including phenoxy) is 1. The van der Waals surface area contributed by atoms with Crippen molar-refractivity contribution in [3.63, 3.8) is 0 Å². The highest BCUT2D eigenvalue weighted by Crippen LogP contribution is 2.14. The number of carbonyl (C=O) groups excluding carboxylic acids is 1. The Morgan fingerprint density at radius 2 is 2.00 bits per heavy atom. The number of hydrogen-bond donors (Lipinski definition) is 0. The van der Waals surface area contributed by atoms with E-state index in [1.54, 1.807) is 31.2 Å². The van der Waals surface area contributed by atoms with E-state index < -0.39 is 0 Å². The summed E-state index contributed by atoms with van der Waals surface area (Å²) in [5, 5.41) is 0.672. The fourth-order valence-electron chi connectivity index (χ4n) is 2.03. The first kappa shape index (κ1) is 16.1. The van der Waals surface area contributed by atoms with E-state index in [1.165, 1.54) is 0 Å². The van der Waals surface area contributed by atoms with E-state index in [1.807, 2.05) is 48.5 Å². The van der Waals surface area contributed by atoms with Gasteiger partial charge in [-0.2, -0.15) is 0 Å². The number of halogens is 1. The van der Waals surface area contributed by atoms with Gasteiger partial charge in [-0.3, -0.25) is 4.79 Å². The zero-order valence-corrected chi connectivity index (χ0v) is 13.4. The lowest BCUT2D eigenvalue weighted by molar-refractivity contribution is -0.125. The van der Waals surface area contributed by atoms with Gasteiger partial charge < -0.3 is 9.64 Å². The third-order valence-corrected chi connectivity index (χ3v) is 3.43. The van der Waals surface area contributed by atoms with E-state index in [0.29, 0.717) is 11.6 Å². The summed E-state index contributed by atoms with van der Waals surface area (Å²) in [6.45, 7) is 0.516. The van der Waals surface area contributed by atoms with Gasteiger partial charge in [-0.05, 0) is 41.5 Å². The van der Waals surface area contributed by atoms with Crippen molar-refractivity contribution in [2.24, 2.45) is 0 Å². The van der Waals surface area contributed by atoms with Crippen LogP contribution in [0.4, 0.5) is 0 Å². The number of carbonyl (C=O) groups is 1. The van der Waals surface area contributed by atoms with E-state index in [4.69, 9.17) is 16.3 Å². The van der Waals surface area contributed by atoms with Crippen molar-refractivity contribution in [1.29, 1.82) is 0 Å². The highest BCUT2D eigenvalue weighted by molar-refractivity contribution is 6.30. The second-order valence-corrected chi connectivity index (χ2v) is 5.37. The van der Waals surface area contributed by atoms with Crippen LogP contribution in [0.3, 0.4) is 0 Å². The van der Waals surface area contributed by atoms with Gasteiger partial charge in [0.1, 0.15) is 5.75 Å². The molecule has 0 saturated carbocycles. The Labute approximate surface area is 135 Å². The maximum absolute atomic E-state index is 12.1. The second kappa shape index (κ2) is 7.66. The van der Waals surface area contributed by atoms with Crippen LogP contribution in [0.2, 0.25) is 5.02 Å². The highest BCUT2D eigenvalue weighted by Gasteiger charge is 2.06. The summed E-state index contributed by atoms with van der Waals surface area (Å²) in [6.07, 6.45) is 3.33. The average molecular weight is 316 g/mol. The summed E-state index contributed by atoms with van der Waals surface area (Å²) in [5.41, 5.74) is 1.92. The van der Waals surface area contributed by atoms with Crippen molar-refractivity contribution in [3.05, 3.63) is 70.8 Å². The summed E-state index contributed by atoms with van der Waals surface area (Å²) in [6, 6.07) is 15.0. The molecule has 0 aliphatic rings. The summed E-state index contributed by atoms with van der Waals surface area (Å²) in [7, 11) is 3.38. The monoisotopic (exact) mass is 315 g/mol. The van der Waals surface area contributed by atoms with Gasteiger partial charge in [0.05, 0.1) is 7.11 Å². The van der Waals surface area contributed by atoms with Gasteiger partial charge in [0.2, 0.25) is 5.91 Å². The first-order chi connectivity index (χ1) is 10.6. The minimum absolute atomic E-state index is 0.0669. The Morgan fingerprint density at radius 1 is 1.23 bits per heavy atom. The molecule has 3 nitrogen and oxygen atoms in total. The molecule has 2 rings (SSSR count). The third kappa shape index (κ3) is 4.64. The Morgan fingerprint density at radius 3 is 2.73 bits per heavy atom. The largest absolute Gasteiger partial charge is 0.497 e. The molecular weight excluding hydrogens is 298 g/mol. The molecule has 114 valence electrons. The molecule has 22 heavy (non-hydrogen) atoms. The molecule has 2 aromatic rings. The van der Waals surface area contributed by atoms with Crippen molar-refractivity contribution in [2.75, 3.05) is 14.2 Å². The molecule has 0 heterocycles.